The molecule has 100 valence electrons. The molecule has 1 atom stereocenters. The van der Waals surface area contributed by atoms with Crippen LogP contribution in [0.4, 0.5) is 0 Å². The van der Waals surface area contributed by atoms with Gasteiger partial charge in [-0.25, -0.2) is 4.98 Å². The maximum atomic E-state index is 5.31. The molecule has 0 bridgehead atoms. The molecule has 2 aromatic heterocycles. The van der Waals surface area contributed by atoms with E-state index in [0.29, 0.717) is 5.88 Å². The number of nitrogens with zero attached hydrogens (tertiary/aromatic N) is 2. The maximum Gasteiger partial charge on any atom is 0.217 e. The van der Waals surface area contributed by atoms with Crippen LogP contribution in [0.1, 0.15) is 17.2 Å². The minimum atomic E-state index is 0.139. The summed E-state index contributed by atoms with van der Waals surface area (Å²) >= 11 is 3.44. The van der Waals surface area contributed by atoms with E-state index in [1.807, 2.05) is 25.4 Å². The third-order valence-electron chi connectivity index (χ3n) is 2.92. The van der Waals surface area contributed by atoms with Gasteiger partial charge in [-0.15, -0.1) is 0 Å². The summed E-state index contributed by atoms with van der Waals surface area (Å²) in [6.07, 6.45) is 6.21. The second-order valence-electron chi connectivity index (χ2n) is 4.16. The van der Waals surface area contributed by atoms with E-state index in [1.165, 1.54) is 0 Å². The number of hydrogen-bond acceptors (Lipinski definition) is 4. The molecule has 1 N–H and O–H groups in total. The fourth-order valence-corrected chi connectivity index (χ4v) is 2.42. The molecular formula is C14H16BrN3O. The molecule has 0 aliphatic carbocycles. The van der Waals surface area contributed by atoms with Crippen molar-refractivity contribution in [1.82, 2.24) is 15.3 Å². The molecule has 0 aliphatic heterocycles. The van der Waals surface area contributed by atoms with E-state index >= 15 is 0 Å². The van der Waals surface area contributed by atoms with Gasteiger partial charge in [0.2, 0.25) is 5.88 Å². The monoisotopic (exact) mass is 321 g/mol. The van der Waals surface area contributed by atoms with Gasteiger partial charge >= 0.3 is 0 Å². The summed E-state index contributed by atoms with van der Waals surface area (Å²) in [4.78, 5) is 8.42. The van der Waals surface area contributed by atoms with Gasteiger partial charge in [0, 0.05) is 34.7 Å². The van der Waals surface area contributed by atoms with Crippen LogP contribution in [0, 0.1) is 0 Å². The van der Waals surface area contributed by atoms with E-state index in [2.05, 4.69) is 37.3 Å². The van der Waals surface area contributed by atoms with Crippen LogP contribution >= 0.6 is 15.9 Å². The van der Waals surface area contributed by atoms with Crippen LogP contribution in [0.3, 0.4) is 0 Å². The van der Waals surface area contributed by atoms with Gasteiger partial charge in [0.1, 0.15) is 0 Å². The van der Waals surface area contributed by atoms with Crippen molar-refractivity contribution >= 4 is 15.9 Å². The van der Waals surface area contributed by atoms with Crippen molar-refractivity contribution in [2.75, 3.05) is 14.2 Å². The van der Waals surface area contributed by atoms with Crippen molar-refractivity contribution in [2.24, 2.45) is 0 Å². The Balaban J connectivity index is 2.25. The Morgan fingerprint density at radius 3 is 2.95 bits per heavy atom. The van der Waals surface area contributed by atoms with Crippen molar-refractivity contribution in [3.8, 4) is 5.88 Å². The standard InChI is InChI=1S/C14H16BrN3O/c1-16-13(7-10-6-11(15)9-17-8-10)12-4-3-5-18-14(12)19-2/h3-6,8-9,13,16H,7H2,1-2H3. The number of hydrogen-bond donors (Lipinski definition) is 1. The number of aromatic nitrogens is 2. The molecule has 0 amide bonds. The molecule has 4 nitrogen and oxygen atoms in total. The minimum absolute atomic E-state index is 0.139. The Hall–Kier alpha value is -1.46. The smallest absolute Gasteiger partial charge is 0.217 e. The van der Waals surface area contributed by atoms with Crippen LogP contribution < -0.4 is 10.1 Å². The third-order valence-corrected chi connectivity index (χ3v) is 3.35. The Morgan fingerprint density at radius 2 is 2.26 bits per heavy atom. The molecule has 2 heterocycles. The summed E-state index contributed by atoms with van der Waals surface area (Å²) < 4.78 is 6.30. The zero-order valence-electron chi connectivity index (χ0n) is 10.9. The predicted octanol–water partition coefficient (Wildman–Crippen LogP) is 2.75. The van der Waals surface area contributed by atoms with Crippen molar-refractivity contribution in [2.45, 2.75) is 12.5 Å². The summed E-state index contributed by atoms with van der Waals surface area (Å²) in [6.45, 7) is 0. The van der Waals surface area contributed by atoms with Crippen molar-refractivity contribution in [1.29, 1.82) is 0 Å². The SMILES string of the molecule is CNC(Cc1cncc(Br)c1)c1cccnc1OC. The van der Waals surface area contributed by atoms with Crippen LogP contribution in [-0.2, 0) is 6.42 Å². The average molecular weight is 322 g/mol. The molecule has 0 saturated carbocycles. The van der Waals surface area contributed by atoms with E-state index in [1.54, 1.807) is 19.5 Å². The lowest BCUT2D eigenvalue weighted by Crippen LogP contribution is -2.20. The fraction of sp³-hybridized carbons (Fsp3) is 0.286. The van der Waals surface area contributed by atoms with Gasteiger partial charge in [-0.2, -0.15) is 0 Å². The van der Waals surface area contributed by atoms with Crippen molar-refractivity contribution in [3.05, 3.63) is 52.4 Å². The number of nitrogens with one attached hydrogen (secondary N) is 1. The largest absolute Gasteiger partial charge is 0.481 e. The lowest BCUT2D eigenvalue weighted by Gasteiger charge is -2.18. The summed E-state index contributed by atoms with van der Waals surface area (Å²) in [5, 5.41) is 3.30. The Morgan fingerprint density at radius 1 is 1.42 bits per heavy atom. The van der Waals surface area contributed by atoms with Crippen LogP contribution in [0.25, 0.3) is 0 Å². The van der Waals surface area contributed by atoms with Crippen LogP contribution in [0.5, 0.6) is 5.88 Å². The van der Waals surface area contributed by atoms with E-state index < -0.39 is 0 Å². The number of pyridine rings is 2. The number of ether oxygens (including phenoxy) is 1. The molecule has 2 aromatic rings. The molecule has 0 spiro atoms. The topological polar surface area (TPSA) is 47.0 Å². The molecule has 5 heteroatoms. The molecule has 1 unspecified atom stereocenters. The van der Waals surface area contributed by atoms with Gasteiger partial charge in [0.15, 0.2) is 0 Å². The van der Waals surface area contributed by atoms with Crippen molar-refractivity contribution in [3.63, 3.8) is 0 Å². The van der Waals surface area contributed by atoms with E-state index in [9.17, 15) is 0 Å². The first-order chi connectivity index (χ1) is 9.24. The van der Waals surface area contributed by atoms with Gasteiger partial charge in [-0.3, -0.25) is 4.98 Å². The number of halogens is 1. The zero-order chi connectivity index (χ0) is 13.7. The molecule has 0 radical (unpaired) electrons. The first-order valence-corrected chi connectivity index (χ1v) is 6.79. The van der Waals surface area contributed by atoms with Crippen LogP contribution in [0.2, 0.25) is 0 Å². The lowest BCUT2D eigenvalue weighted by atomic mass is 10.0. The molecule has 0 aliphatic rings. The first kappa shape index (κ1) is 14.0. The second kappa shape index (κ2) is 6.63. The highest BCUT2D eigenvalue weighted by Crippen LogP contribution is 2.25. The zero-order valence-corrected chi connectivity index (χ0v) is 12.5. The van der Waals surface area contributed by atoms with Gasteiger partial charge < -0.3 is 10.1 Å². The molecular weight excluding hydrogens is 306 g/mol. The van der Waals surface area contributed by atoms with Gasteiger partial charge in [-0.1, -0.05) is 6.07 Å². The highest BCUT2D eigenvalue weighted by molar-refractivity contribution is 9.10. The Bertz CT molecular complexity index is 548. The molecule has 0 aromatic carbocycles. The summed E-state index contributed by atoms with van der Waals surface area (Å²) in [6, 6.07) is 6.15. The van der Waals surface area contributed by atoms with E-state index in [0.717, 1.165) is 22.0 Å². The average Bonchev–Trinajstić information content (AvgIpc) is 2.45. The van der Waals surface area contributed by atoms with Gasteiger partial charge in [0.25, 0.3) is 0 Å². The normalized spacial score (nSPS) is 12.2. The number of methoxy groups -OCH3 is 1. The predicted molar refractivity (Wildman–Crippen MR) is 78.2 cm³/mol. The number of rotatable bonds is 5. The third kappa shape index (κ3) is 3.52. The highest BCUT2D eigenvalue weighted by Gasteiger charge is 2.15. The second-order valence-corrected chi connectivity index (χ2v) is 5.07. The maximum absolute atomic E-state index is 5.31. The van der Waals surface area contributed by atoms with Gasteiger partial charge in [0.05, 0.1) is 7.11 Å². The number of likely N-dealkylation sites (N-methyl/N-ethyl adjacent to an activating group) is 1. The van der Waals surface area contributed by atoms with E-state index in [4.69, 9.17) is 4.74 Å². The Labute approximate surface area is 121 Å². The summed E-state index contributed by atoms with van der Waals surface area (Å²) in [7, 11) is 3.57. The summed E-state index contributed by atoms with van der Waals surface area (Å²) in [5.41, 5.74) is 2.20. The van der Waals surface area contributed by atoms with Gasteiger partial charge in [-0.05, 0) is 47.1 Å². The first-order valence-electron chi connectivity index (χ1n) is 6.00. The van der Waals surface area contributed by atoms with E-state index in [-0.39, 0.29) is 6.04 Å². The highest BCUT2D eigenvalue weighted by atomic mass is 79.9. The molecule has 2 rings (SSSR count). The molecule has 0 fully saturated rings. The Kier molecular flexibility index (Phi) is 4.87. The minimum Gasteiger partial charge on any atom is -0.481 e. The summed E-state index contributed by atoms with van der Waals surface area (Å²) in [5.74, 6) is 0.657. The quantitative estimate of drug-likeness (QED) is 0.919. The molecule has 0 saturated heterocycles. The molecule has 19 heavy (non-hydrogen) atoms. The lowest BCUT2D eigenvalue weighted by molar-refractivity contribution is 0.384. The van der Waals surface area contributed by atoms with Crippen LogP contribution in [0.15, 0.2) is 41.3 Å². The fourth-order valence-electron chi connectivity index (χ4n) is 2.01. The van der Waals surface area contributed by atoms with Crippen molar-refractivity contribution < 1.29 is 4.74 Å². The van der Waals surface area contributed by atoms with Crippen LogP contribution in [-0.4, -0.2) is 24.1 Å².